The van der Waals surface area contributed by atoms with Crippen molar-refractivity contribution >= 4 is 0 Å². The third-order valence-corrected chi connectivity index (χ3v) is 3.98. The highest BCUT2D eigenvalue weighted by Gasteiger charge is 2.37. The van der Waals surface area contributed by atoms with Gasteiger partial charge < -0.3 is 10.1 Å². The Morgan fingerprint density at radius 1 is 1.40 bits per heavy atom. The van der Waals surface area contributed by atoms with Crippen molar-refractivity contribution in [3.63, 3.8) is 0 Å². The molecule has 1 aliphatic carbocycles. The molecule has 2 heteroatoms. The van der Waals surface area contributed by atoms with Crippen molar-refractivity contribution in [3.05, 3.63) is 0 Å². The van der Waals surface area contributed by atoms with Gasteiger partial charge in [-0.15, -0.1) is 0 Å². The highest BCUT2D eigenvalue weighted by atomic mass is 16.5. The van der Waals surface area contributed by atoms with E-state index in [1.807, 2.05) is 0 Å². The molecule has 0 aromatic heterocycles. The standard InChI is InChI=1S/C13H25NO/c1-10(2)12-8-11(4-7-15-12)14-9-13(3)5-6-13/h10-12,14H,4-9H2,1-3H3. The first-order valence-corrected chi connectivity index (χ1v) is 6.44. The van der Waals surface area contributed by atoms with Gasteiger partial charge in [0.15, 0.2) is 0 Å². The lowest BCUT2D eigenvalue weighted by atomic mass is 9.95. The normalized spacial score (nSPS) is 34.4. The molecule has 2 unspecified atom stereocenters. The zero-order valence-electron chi connectivity index (χ0n) is 10.4. The molecule has 1 heterocycles. The summed E-state index contributed by atoms with van der Waals surface area (Å²) in [4.78, 5) is 0. The molecule has 1 aliphatic heterocycles. The maximum Gasteiger partial charge on any atom is 0.0612 e. The average Bonchev–Trinajstić information content (AvgIpc) is 2.95. The van der Waals surface area contributed by atoms with Gasteiger partial charge in [0.2, 0.25) is 0 Å². The first kappa shape index (κ1) is 11.4. The van der Waals surface area contributed by atoms with Crippen LogP contribution < -0.4 is 5.32 Å². The van der Waals surface area contributed by atoms with Crippen LogP contribution in [0.1, 0.15) is 46.5 Å². The van der Waals surface area contributed by atoms with Crippen molar-refractivity contribution in [1.82, 2.24) is 5.32 Å². The quantitative estimate of drug-likeness (QED) is 0.771. The van der Waals surface area contributed by atoms with Crippen LogP contribution in [-0.4, -0.2) is 25.3 Å². The molecular formula is C13H25NO. The van der Waals surface area contributed by atoms with Crippen LogP contribution in [0.2, 0.25) is 0 Å². The molecule has 1 saturated heterocycles. The van der Waals surface area contributed by atoms with Crippen LogP contribution in [0, 0.1) is 11.3 Å². The van der Waals surface area contributed by atoms with Gasteiger partial charge >= 0.3 is 0 Å². The van der Waals surface area contributed by atoms with E-state index in [2.05, 4.69) is 26.1 Å². The van der Waals surface area contributed by atoms with E-state index >= 15 is 0 Å². The maximum atomic E-state index is 5.78. The van der Waals surface area contributed by atoms with Gasteiger partial charge in [-0.25, -0.2) is 0 Å². The minimum Gasteiger partial charge on any atom is -0.378 e. The molecule has 0 aromatic rings. The molecule has 0 amide bonds. The molecule has 2 nitrogen and oxygen atoms in total. The maximum absolute atomic E-state index is 5.78. The second-order valence-corrected chi connectivity index (χ2v) is 6.07. The van der Waals surface area contributed by atoms with E-state index in [9.17, 15) is 0 Å². The van der Waals surface area contributed by atoms with Crippen LogP contribution in [0.25, 0.3) is 0 Å². The summed E-state index contributed by atoms with van der Waals surface area (Å²) in [5, 5.41) is 3.73. The van der Waals surface area contributed by atoms with Gasteiger partial charge in [0.1, 0.15) is 0 Å². The van der Waals surface area contributed by atoms with E-state index in [0.29, 0.717) is 23.5 Å². The Morgan fingerprint density at radius 3 is 2.73 bits per heavy atom. The van der Waals surface area contributed by atoms with Crippen molar-refractivity contribution in [1.29, 1.82) is 0 Å². The monoisotopic (exact) mass is 211 g/mol. The largest absolute Gasteiger partial charge is 0.378 e. The fourth-order valence-electron chi connectivity index (χ4n) is 2.26. The smallest absolute Gasteiger partial charge is 0.0612 e. The SMILES string of the molecule is CC(C)C1CC(NCC2(C)CC2)CCO1. The molecule has 2 atom stereocenters. The average molecular weight is 211 g/mol. The van der Waals surface area contributed by atoms with Gasteiger partial charge in [-0.2, -0.15) is 0 Å². The van der Waals surface area contributed by atoms with Gasteiger partial charge in [-0.1, -0.05) is 20.8 Å². The molecule has 2 fully saturated rings. The highest BCUT2D eigenvalue weighted by Crippen LogP contribution is 2.44. The molecule has 88 valence electrons. The van der Waals surface area contributed by atoms with E-state index in [1.54, 1.807) is 0 Å². The molecule has 2 rings (SSSR count). The fraction of sp³-hybridized carbons (Fsp3) is 1.00. The number of rotatable bonds is 4. The van der Waals surface area contributed by atoms with Gasteiger partial charge in [0, 0.05) is 19.2 Å². The van der Waals surface area contributed by atoms with Crippen LogP contribution >= 0.6 is 0 Å². The number of nitrogens with one attached hydrogen (secondary N) is 1. The first-order chi connectivity index (χ1) is 7.09. The van der Waals surface area contributed by atoms with Gasteiger partial charge in [-0.3, -0.25) is 0 Å². The lowest BCUT2D eigenvalue weighted by Gasteiger charge is -2.33. The lowest BCUT2D eigenvalue weighted by molar-refractivity contribution is -0.0248. The molecule has 1 saturated carbocycles. The fourth-order valence-corrected chi connectivity index (χ4v) is 2.26. The lowest BCUT2D eigenvalue weighted by Crippen LogP contribution is -2.42. The van der Waals surface area contributed by atoms with Crippen molar-refractivity contribution in [2.75, 3.05) is 13.2 Å². The Labute approximate surface area is 93.8 Å². The molecule has 0 bridgehead atoms. The van der Waals surface area contributed by atoms with Gasteiger partial charge in [-0.05, 0) is 37.0 Å². The van der Waals surface area contributed by atoms with Crippen molar-refractivity contribution in [3.8, 4) is 0 Å². The Kier molecular flexibility index (Phi) is 3.36. The van der Waals surface area contributed by atoms with Crippen LogP contribution in [0.4, 0.5) is 0 Å². The zero-order valence-corrected chi connectivity index (χ0v) is 10.4. The minimum absolute atomic E-state index is 0.475. The van der Waals surface area contributed by atoms with Gasteiger partial charge in [0.25, 0.3) is 0 Å². The van der Waals surface area contributed by atoms with E-state index in [4.69, 9.17) is 4.74 Å². The topological polar surface area (TPSA) is 21.3 Å². The van der Waals surface area contributed by atoms with Crippen LogP contribution in [0.3, 0.4) is 0 Å². The van der Waals surface area contributed by atoms with Gasteiger partial charge in [0.05, 0.1) is 6.10 Å². The number of ether oxygens (including phenoxy) is 1. The summed E-state index contributed by atoms with van der Waals surface area (Å²) in [6.07, 6.45) is 5.70. The van der Waals surface area contributed by atoms with E-state index in [0.717, 1.165) is 6.61 Å². The molecule has 0 spiro atoms. The molecule has 1 N–H and O–H groups in total. The second kappa shape index (κ2) is 4.42. The highest BCUT2D eigenvalue weighted by molar-refractivity contribution is 4.92. The summed E-state index contributed by atoms with van der Waals surface area (Å²) >= 11 is 0. The zero-order chi connectivity index (χ0) is 10.9. The Hall–Kier alpha value is -0.0800. The molecular weight excluding hydrogens is 186 g/mol. The van der Waals surface area contributed by atoms with E-state index in [1.165, 1.54) is 32.2 Å². The number of hydrogen-bond donors (Lipinski definition) is 1. The number of hydrogen-bond acceptors (Lipinski definition) is 2. The molecule has 15 heavy (non-hydrogen) atoms. The Morgan fingerprint density at radius 2 is 2.13 bits per heavy atom. The predicted molar refractivity (Wildman–Crippen MR) is 62.9 cm³/mol. The van der Waals surface area contributed by atoms with E-state index in [-0.39, 0.29) is 0 Å². The van der Waals surface area contributed by atoms with Crippen LogP contribution in [0.5, 0.6) is 0 Å². The van der Waals surface area contributed by atoms with Crippen molar-refractivity contribution in [2.24, 2.45) is 11.3 Å². The summed E-state index contributed by atoms with van der Waals surface area (Å²) in [7, 11) is 0. The third kappa shape index (κ3) is 3.18. The van der Waals surface area contributed by atoms with Crippen LogP contribution in [0.15, 0.2) is 0 Å². The predicted octanol–water partition coefficient (Wildman–Crippen LogP) is 2.58. The summed E-state index contributed by atoms with van der Waals surface area (Å²) in [6.45, 7) is 9.06. The molecule has 0 aromatic carbocycles. The second-order valence-electron chi connectivity index (χ2n) is 6.07. The van der Waals surface area contributed by atoms with Crippen molar-refractivity contribution < 1.29 is 4.74 Å². The first-order valence-electron chi connectivity index (χ1n) is 6.44. The van der Waals surface area contributed by atoms with E-state index < -0.39 is 0 Å². The Bertz CT molecular complexity index is 211. The summed E-state index contributed by atoms with van der Waals surface area (Å²) in [5.74, 6) is 0.658. The third-order valence-electron chi connectivity index (χ3n) is 3.98. The van der Waals surface area contributed by atoms with Crippen molar-refractivity contribution in [2.45, 2.75) is 58.6 Å². The summed E-state index contributed by atoms with van der Waals surface area (Å²) in [6, 6.07) is 0.698. The minimum atomic E-state index is 0.475. The summed E-state index contributed by atoms with van der Waals surface area (Å²) < 4.78 is 5.78. The molecule has 2 aliphatic rings. The summed E-state index contributed by atoms with van der Waals surface area (Å²) in [5.41, 5.74) is 0.631. The molecule has 0 radical (unpaired) electrons. The Balaban J connectivity index is 1.72. The van der Waals surface area contributed by atoms with Crippen LogP contribution in [-0.2, 0) is 4.74 Å².